The summed E-state index contributed by atoms with van der Waals surface area (Å²) in [5.41, 5.74) is 4.99. The van der Waals surface area contributed by atoms with E-state index in [-0.39, 0.29) is 5.91 Å². The van der Waals surface area contributed by atoms with Crippen molar-refractivity contribution in [1.29, 1.82) is 0 Å². The van der Waals surface area contributed by atoms with Crippen molar-refractivity contribution in [3.63, 3.8) is 0 Å². The van der Waals surface area contributed by atoms with Crippen LogP contribution < -0.4 is 10.6 Å². The Kier molecular flexibility index (Phi) is 3.55. The van der Waals surface area contributed by atoms with Gasteiger partial charge in [-0.1, -0.05) is 0 Å². The van der Waals surface area contributed by atoms with E-state index in [2.05, 4.69) is 20.8 Å². The van der Waals surface area contributed by atoms with Gasteiger partial charge in [0.15, 0.2) is 0 Å². The lowest BCUT2D eigenvalue weighted by molar-refractivity contribution is 0.102. The maximum absolute atomic E-state index is 12.3. The fourth-order valence-electron chi connectivity index (χ4n) is 1.99. The van der Waals surface area contributed by atoms with E-state index in [9.17, 15) is 4.79 Å². The van der Waals surface area contributed by atoms with E-state index in [0.717, 1.165) is 28.3 Å². The number of hydrogen-bond donors (Lipinski definition) is 3. The number of aromatic amines is 1. The molecule has 100 valence electrons. The van der Waals surface area contributed by atoms with Crippen molar-refractivity contribution < 1.29 is 4.79 Å². The number of nitrogens with one attached hydrogen (secondary N) is 3. The lowest BCUT2D eigenvalue weighted by atomic mass is 10.1. The standard InChI is InChI=1S/C14H18N4O/c1-8-7-11(15-4)5-6-12(8)14(19)16-13-9(2)17-18-10(13)3/h5-7,15H,1-4H3,(H,16,19)(H,17,18). The second kappa shape index (κ2) is 5.14. The van der Waals surface area contributed by atoms with E-state index in [0.29, 0.717) is 5.56 Å². The molecule has 0 aliphatic heterocycles. The minimum absolute atomic E-state index is 0.118. The van der Waals surface area contributed by atoms with Crippen molar-refractivity contribution in [3.05, 3.63) is 40.7 Å². The lowest BCUT2D eigenvalue weighted by Gasteiger charge is -2.09. The normalized spacial score (nSPS) is 10.3. The Labute approximate surface area is 112 Å². The van der Waals surface area contributed by atoms with E-state index in [1.807, 2.05) is 46.0 Å². The summed E-state index contributed by atoms with van der Waals surface area (Å²) in [4.78, 5) is 12.3. The number of nitrogens with zero attached hydrogens (tertiary/aromatic N) is 1. The molecule has 0 atom stereocenters. The van der Waals surface area contributed by atoms with Crippen LogP contribution in [0.5, 0.6) is 0 Å². The summed E-state index contributed by atoms with van der Waals surface area (Å²) in [6.07, 6.45) is 0. The highest BCUT2D eigenvalue weighted by atomic mass is 16.1. The van der Waals surface area contributed by atoms with E-state index in [4.69, 9.17) is 0 Å². The first kappa shape index (κ1) is 13.1. The fourth-order valence-corrected chi connectivity index (χ4v) is 1.99. The zero-order valence-corrected chi connectivity index (χ0v) is 11.6. The maximum Gasteiger partial charge on any atom is 0.256 e. The minimum Gasteiger partial charge on any atom is -0.388 e. The summed E-state index contributed by atoms with van der Waals surface area (Å²) in [6.45, 7) is 5.66. The first-order valence-electron chi connectivity index (χ1n) is 6.14. The molecule has 1 heterocycles. The highest BCUT2D eigenvalue weighted by molar-refractivity contribution is 6.06. The van der Waals surface area contributed by atoms with Crippen LogP contribution in [0.25, 0.3) is 0 Å². The lowest BCUT2D eigenvalue weighted by Crippen LogP contribution is -2.14. The smallest absolute Gasteiger partial charge is 0.256 e. The summed E-state index contributed by atoms with van der Waals surface area (Å²) in [6, 6.07) is 5.66. The molecule has 0 radical (unpaired) electrons. The van der Waals surface area contributed by atoms with Gasteiger partial charge in [-0.2, -0.15) is 5.10 Å². The average Bonchev–Trinajstić information content (AvgIpc) is 2.70. The van der Waals surface area contributed by atoms with Crippen molar-refractivity contribution >= 4 is 17.3 Å². The first-order chi connectivity index (χ1) is 9.02. The molecule has 2 rings (SSSR count). The van der Waals surface area contributed by atoms with Gasteiger partial charge in [0.2, 0.25) is 0 Å². The van der Waals surface area contributed by atoms with Crippen LogP contribution in [-0.2, 0) is 0 Å². The van der Waals surface area contributed by atoms with Gasteiger partial charge in [-0.05, 0) is 44.5 Å². The molecule has 0 fully saturated rings. The predicted molar refractivity (Wildman–Crippen MR) is 76.7 cm³/mol. The molecule has 1 aromatic carbocycles. The van der Waals surface area contributed by atoms with E-state index in [1.54, 1.807) is 0 Å². The molecule has 0 bridgehead atoms. The van der Waals surface area contributed by atoms with Crippen LogP contribution in [-0.4, -0.2) is 23.2 Å². The number of H-pyrrole nitrogens is 1. The molecule has 0 aliphatic carbocycles. The Hall–Kier alpha value is -2.30. The minimum atomic E-state index is -0.118. The predicted octanol–water partition coefficient (Wildman–Crippen LogP) is 2.63. The molecule has 0 saturated carbocycles. The van der Waals surface area contributed by atoms with Crippen molar-refractivity contribution in [3.8, 4) is 0 Å². The molecule has 19 heavy (non-hydrogen) atoms. The van der Waals surface area contributed by atoms with Gasteiger partial charge in [0.05, 0.1) is 17.1 Å². The van der Waals surface area contributed by atoms with Gasteiger partial charge < -0.3 is 10.6 Å². The molecule has 1 amide bonds. The fraction of sp³-hybridized carbons (Fsp3) is 0.286. The highest BCUT2D eigenvalue weighted by Crippen LogP contribution is 2.20. The average molecular weight is 258 g/mol. The monoisotopic (exact) mass is 258 g/mol. The Balaban J connectivity index is 2.26. The zero-order chi connectivity index (χ0) is 14.0. The Morgan fingerprint density at radius 1 is 1.26 bits per heavy atom. The quantitative estimate of drug-likeness (QED) is 0.792. The molecule has 0 unspecified atom stereocenters. The molecule has 3 N–H and O–H groups in total. The number of hydrogen-bond acceptors (Lipinski definition) is 3. The van der Waals surface area contributed by atoms with E-state index < -0.39 is 0 Å². The summed E-state index contributed by atoms with van der Waals surface area (Å²) < 4.78 is 0. The van der Waals surface area contributed by atoms with Crippen molar-refractivity contribution in [2.75, 3.05) is 17.7 Å². The molecule has 5 nitrogen and oxygen atoms in total. The summed E-state index contributed by atoms with van der Waals surface area (Å²) in [5, 5.41) is 12.9. The first-order valence-corrected chi connectivity index (χ1v) is 6.14. The van der Waals surface area contributed by atoms with Gasteiger partial charge in [0.1, 0.15) is 0 Å². The van der Waals surface area contributed by atoms with Gasteiger partial charge in [0.25, 0.3) is 5.91 Å². The molecule has 5 heteroatoms. The van der Waals surface area contributed by atoms with Gasteiger partial charge in [-0.15, -0.1) is 0 Å². The van der Waals surface area contributed by atoms with Gasteiger partial charge in [-0.25, -0.2) is 0 Å². The molecule has 0 aliphatic rings. The number of carbonyl (C=O) groups excluding carboxylic acids is 1. The number of carbonyl (C=O) groups is 1. The number of amides is 1. The third-order valence-corrected chi connectivity index (χ3v) is 3.13. The number of aromatic nitrogens is 2. The van der Waals surface area contributed by atoms with Gasteiger partial charge >= 0.3 is 0 Å². The number of benzene rings is 1. The largest absolute Gasteiger partial charge is 0.388 e. The van der Waals surface area contributed by atoms with Gasteiger partial charge in [0, 0.05) is 18.3 Å². The van der Waals surface area contributed by atoms with E-state index in [1.165, 1.54) is 0 Å². The SMILES string of the molecule is CNc1ccc(C(=O)Nc2c(C)n[nH]c2C)c(C)c1. The molecule has 0 spiro atoms. The number of rotatable bonds is 3. The van der Waals surface area contributed by atoms with Crippen LogP contribution in [0.2, 0.25) is 0 Å². The Morgan fingerprint density at radius 2 is 2.00 bits per heavy atom. The van der Waals surface area contributed by atoms with E-state index >= 15 is 0 Å². The van der Waals surface area contributed by atoms with Crippen LogP contribution in [0.3, 0.4) is 0 Å². The van der Waals surface area contributed by atoms with Crippen LogP contribution in [0, 0.1) is 20.8 Å². The number of anilines is 2. The van der Waals surface area contributed by atoms with Crippen LogP contribution >= 0.6 is 0 Å². The van der Waals surface area contributed by atoms with Crippen LogP contribution in [0.15, 0.2) is 18.2 Å². The summed E-state index contributed by atoms with van der Waals surface area (Å²) in [7, 11) is 1.85. The molecule has 2 aromatic rings. The topological polar surface area (TPSA) is 69.8 Å². The second-order valence-corrected chi connectivity index (χ2v) is 4.54. The van der Waals surface area contributed by atoms with Crippen molar-refractivity contribution in [2.24, 2.45) is 0 Å². The summed E-state index contributed by atoms with van der Waals surface area (Å²) >= 11 is 0. The summed E-state index contributed by atoms with van der Waals surface area (Å²) in [5.74, 6) is -0.118. The number of aryl methyl sites for hydroxylation is 3. The Bertz CT molecular complexity index is 596. The molecule has 0 saturated heterocycles. The third kappa shape index (κ3) is 2.59. The highest BCUT2D eigenvalue weighted by Gasteiger charge is 2.13. The van der Waals surface area contributed by atoms with Crippen molar-refractivity contribution in [2.45, 2.75) is 20.8 Å². The Morgan fingerprint density at radius 3 is 2.53 bits per heavy atom. The molecule has 1 aromatic heterocycles. The maximum atomic E-state index is 12.3. The van der Waals surface area contributed by atoms with Crippen molar-refractivity contribution in [1.82, 2.24) is 10.2 Å². The molecular weight excluding hydrogens is 240 g/mol. The molecular formula is C14H18N4O. The van der Waals surface area contributed by atoms with Crippen LogP contribution in [0.1, 0.15) is 27.3 Å². The van der Waals surface area contributed by atoms with Crippen LogP contribution in [0.4, 0.5) is 11.4 Å². The zero-order valence-electron chi connectivity index (χ0n) is 11.6. The van der Waals surface area contributed by atoms with Gasteiger partial charge in [-0.3, -0.25) is 9.89 Å². The third-order valence-electron chi connectivity index (χ3n) is 3.13. The second-order valence-electron chi connectivity index (χ2n) is 4.54.